The number of carbonyl (C=O) groups is 3. The van der Waals surface area contributed by atoms with Crippen LogP contribution in [-0.4, -0.2) is 37.8 Å². The van der Waals surface area contributed by atoms with Gasteiger partial charge in [-0.25, -0.2) is 9.78 Å². The Labute approximate surface area is 213 Å². The number of aliphatic hydroxyl groups is 1. The first kappa shape index (κ1) is 22.6. The van der Waals surface area contributed by atoms with E-state index < -0.39 is 23.7 Å². The molecular formula is C28H17N3O5S. The molecule has 9 heteroatoms. The fraction of sp³-hybridized carbons (Fsp3) is 0.0357. The van der Waals surface area contributed by atoms with E-state index in [1.807, 2.05) is 30.3 Å². The van der Waals surface area contributed by atoms with Gasteiger partial charge in [0.15, 0.2) is 5.13 Å². The van der Waals surface area contributed by atoms with Crippen LogP contribution in [0.15, 0.2) is 90.6 Å². The van der Waals surface area contributed by atoms with Crippen LogP contribution in [0.5, 0.6) is 0 Å². The van der Waals surface area contributed by atoms with Crippen molar-refractivity contribution in [2.24, 2.45) is 0 Å². The number of benzene rings is 3. The summed E-state index contributed by atoms with van der Waals surface area (Å²) in [5, 5.41) is 22.7. The third kappa shape index (κ3) is 3.73. The summed E-state index contributed by atoms with van der Waals surface area (Å²) in [5.41, 5.74) is 1.26. The molecule has 0 bridgehead atoms. The summed E-state index contributed by atoms with van der Waals surface area (Å²) in [7, 11) is 0. The fourth-order valence-corrected chi connectivity index (χ4v) is 5.52. The summed E-state index contributed by atoms with van der Waals surface area (Å²) in [6.45, 7) is 0. The van der Waals surface area contributed by atoms with Crippen molar-refractivity contribution in [1.29, 1.82) is 0 Å². The van der Waals surface area contributed by atoms with E-state index in [9.17, 15) is 24.6 Å². The molecule has 0 radical (unpaired) electrons. The molecule has 1 atom stereocenters. The maximum absolute atomic E-state index is 13.4. The number of carboxylic acids is 1. The number of anilines is 1. The minimum Gasteiger partial charge on any atom is -0.507 e. The molecule has 0 aliphatic carbocycles. The van der Waals surface area contributed by atoms with Gasteiger partial charge >= 0.3 is 11.9 Å². The molecule has 0 spiro atoms. The molecule has 37 heavy (non-hydrogen) atoms. The van der Waals surface area contributed by atoms with Crippen LogP contribution >= 0.6 is 11.3 Å². The zero-order chi connectivity index (χ0) is 25.7. The van der Waals surface area contributed by atoms with Crippen LogP contribution in [-0.2, 0) is 9.59 Å². The number of aromatic nitrogens is 2. The van der Waals surface area contributed by atoms with E-state index in [1.54, 1.807) is 42.6 Å². The molecule has 6 rings (SSSR count). The monoisotopic (exact) mass is 507 g/mol. The average molecular weight is 508 g/mol. The van der Waals surface area contributed by atoms with Crippen LogP contribution in [0.25, 0.3) is 26.7 Å². The molecule has 2 aromatic heterocycles. The highest BCUT2D eigenvalue weighted by atomic mass is 32.1. The summed E-state index contributed by atoms with van der Waals surface area (Å²) in [5.74, 6) is -3.10. The minimum atomic E-state index is -1.08. The number of fused-ring (bicyclic) bond motifs is 2. The van der Waals surface area contributed by atoms with E-state index in [0.29, 0.717) is 21.5 Å². The SMILES string of the molecule is O=C1C(=O)N(c2nc3ccc(C(=O)O)cc3s2)C(c2ccccn2)/C1=C(\O)c1ccc2ccccc2c1. The maximum atomic E-state index is 13.4. The lowest BCUT2D eigenvalue weighted by atomic mass is 9.97. The van der Waals surface area contributed by atoms with Gasteiger partial charge in [0, 0.05) is 11.8 Å². The average Bonchev–Trinajstić information content (AvgIpc) is 3.46. The number of thiazole rings is 1. The molecule has 3 aromatic carbocycles. The molecular weight excluding hydrogens is 490 g/mol. The van der Waals surface area contributed by atoms with Crippen molar-refractivity contribution in [2.45, 2.75) is 6.04 Å². The quantitative estimate of drug-likeness (QED) is 0.196. The molecule has 180 valence electrons. The van der Waals surface area contributed by atoms with Gasteiger partial charge in [-0.05, 0) is 47.2 Å². The van der Waals surface area contributed by atoms with Crippen LogP contribution in [0.4, 0.5) is 5.13 Å². The van der Waals surface area contributed by atoms with Gasteiger partial charge in [0.05, 0.1) is 27.0 Å². The molecule has 0 saturated carbocycles. The predicted molar refractivity (Wildman–Crippen MR) is 140 cm³/mol. The number of nitrogens with zero attached hydrogens (tertiary/aromatic N) is 3. The Morgan fingerprint density at radius 3 is 2.38 bits per heavy atom. The number of Topliss-reactive ketones (excluding diaryl/α,β-unsaturated/α-hetero) is 1. The van der Waals surface area contributed by atoms with Gasteiger partial charge in [0.25, 0.3) is 5.78 Å². The number of ketones is 1. The van der Waals surface area contributed by atoms with Crippen LogP contribution in [0.1, 0.15) is 27.7 Å². The first-order chi connectivity index (χ1) is 17.9. The van der Waals surface area contributed by atoms with Gasteiger partial charge in [0.2, 0.25) is 0 Å². The van der Waals surface area contributed by atoms with Crippen LogP contribution < -0.4 is 4.90 Å². The molecule has 3 heterocycles. The van der Waals surface area contributed by atoms with Crippen LogP contribution in [0.2, 0.25) is 0 Å². The highest BCUT2D eigenvalue weighted by Gasteiger charge is 2.48. The number of carbonyl (C=O) groups excluding carboxylic acids is 2. The lowest BCUT2D eigenvalue weighted by Crippen LogP contribution is -2.29. The topological polar surface area (TPSA) is 121 Å². The number of hydrogen-bond acceptors (Lipinski definition) is 7. The number of hydrogen-bond donors (Lipinski definition) is 2. The maximum Gasteiger partial charge on any atom is 0.335 e. The Hall–Kier alpha value is -4.89. The number of aromatic carboxylic acids is 1. The number of rotatable bonds is 4. The second-order valence-electron chi connectivity index (χ2n) is 8.47. The Kier molecular flexibility index (Phi) is 5.27. The smallest absolute Gasteiger partial charge is 0.335 e. The highest BCUT2D eigenvalue weighted by molar-refractivity contribution is 7.22. The molecule has 1 aliphatic rings. The van der Waals surface area contributed by atoms with Gasteiger partial charge in [-0.3, -0.25) is 19.5 Å². The summed E-state index contributed by atoms with van der Waals surface area (Å²) in [6, 6.07) is 21.5. The molecule has 1 saturated heterocycles. The van der Waals surface area contributed by atoms with Gasteiger partial charge < -0.3 is 10.2 Å². The van der Waals surface area contributed by atoms with Crippen molar-refractivity contribution in [3.8, 4) is 0 Å². The van der Waals surface area contributed by atoms with E-state index in [1.165, 1.54) is 17.0 Å². The van der Waals surface area contributed by atoms with E-state index in [4.69, 9.17) is 0 Å². The van der Waals surface area contributed by atoms with E-state index in [0.717, 1.165) is 22.1 Å². The van der Waals surface area contributed by atoms with Crippen molar-refractivity contribution in [3.63, 3.8) is 0 Å². The fourth-order valence-electron chi connectivity index (χ4n) is 4.49. The van der Waals surface area contributed by atoms with Crippen molar-refractivity contribution in [3.05, 3.63) is 107 Å². The predicted octanol–water partition coefficient (Wildman–Crippen LogP) is 5.17. The molecule has 8 nitrogen and oxygen atoms in total. The minimum absolute atomic E-state index is 0.0855. The molecule has 1 unspecified atom stereocenters. The molecule has 1 fully saturated rings. The van der Waals surface area contributed by atoms with Crippen molar-refractivity contribution < 1.29 is 24.6 Å². The largest absolute Gasteiger partial charge is 0.507 e. The Morgan fingerprint density at radius 2 is 1.62 bits per heavy atom. The Bertz CT molecular complexity index is 1780. The Morgan fingerprint density at radius 1 is 0.865 bits per heavy atom. The van der Waals surface area contributed by atoms with E-state index >= 15 is 0 Å². The van der Waals surface area contributed by atoms with Gasteiger partial charge in [0.1, 0.15) is 11.8 Å². The normalized spacial score (nSPS) is 17.1. The van der Waals surface area contributed by atoms with E-state index in [-0.39, 0.29) is 22.0 Å². The summed E-state index contributed by atoms with van der Waals surface area (Å²) >= 11 is 1.09. The summed E-state index contributed by atoms with van der Waals surface area (Å²) < 4.78 is 0.547. The van der Waals surface area contributed by atoms with Gasteiger partial charge in [-0.15, -0.1) is 0 Å². The highest BCUT2D eigenvalue weighted by Crippen LogP contribution is 2.44. The van der Waals surface area contributed by atoms with E-state index in [2.05, 4.69) is 9.97 Å². The van der Waals surface area contributed by atoms with Crippen molar-refractivity contribution in [2.75, 3.05) is 4.90 Å². The van der Waals surface area contributed by atoms with Crippen molar-refractivity contribution in [1.82, 2.24) is 9.97 Å². The molecule has 1 aliphatic heterocycles. The lowest BCUT2D eigenvalue weighted by molar-refractivity contribution is -0.132. The second kappa shape index (κ2) is 8.65. The number of carboxylic acid groups (broad SMARTS) is 1. The summed E-state index contributed by atoms with van der Waals surface area (Å²) in [6.07, 6.45) is 1.54. The van der Waals surface area contributed by atoms with Crippen molar-refractivity contribution >= 4 is 60.9 Å². The third-order valence-corrected chi connectivity index (χ3v) is 7.28. The zero-order valence-electron chi connectivity index (χ0n) is 19.0. The summed E-state index contributed by atoms with van der Waals surface area (Å²) in [4.78, 5) is 48.3. The lowest BCUT2D eigenvalue weighted by Gasteiger charge is -2.22. The number of aliphatic hydroxyl groups excluding tert-OH is 1. The zero-order valence-corrected chi connectivity index (χ0v) is 19.8. The molecule has 5 aromatic rings. The third-order valence-electron chi connectivity index (χ3n) is 6.27. The second-order valence-corrected chi connectivity index (χ2v) is 9.48. The number of pyridine rings is 1. The van der Waals surface area contributed by atoms with Crippen LogP contribution in [0, 0.1) is 0 Å². The Balaban J connectivity index is 1.54. The van der Waals surface area contributed by atoms with Gasteiger partial charge in [-0.1, -0.05) is 53.8 Å². The standard InChI is InChI=1S/C28H17N3O5S/c32-24(17-9-8-15-5-1-2-6-16(15)13-17)22-23(20-7-3-4-12-29-20)31(26(34)25(22)33)28-30-19-11-10-18(27(35)36)14-21(19)37-28/h1-14,23,32H,(H,35,36)/b24-22+. The van der Waals surface area contributed by atoms with Gasteiger partial charge in [-0.2, -0.15) is 0 Å². The molecule has 1 amide bonds. The van der Waals surface area contributed by atoms with Crippen LogP contribution in [0.3, 0.4) is 0 Å². The number of amides is 1. The first-order valence-corrected chi connectivity index (χ1v) is 12.1. The molecule has 2 N–H and O–H groups in total. The first-order valence-electron chi connectivity index (χ1n) is 11.3.